The molecule has 0 saturated carbocycles. The molecule has 7 nitrogen and oxygen atoms in total. The van der Waals surface area contributed by atoms with Crippen molar-refractivity contribution in [1.82, 2.24) is 15.2 Å². The maximum absolute atomic E-state index is 13.0. The second kappa shape index (κ2) is 7.61. The molecule has 2 aliphatic rings. The summed E-state index contributed by atoms with van der Waals surface area (Å²) in [6.45, 7) is 0.869. The van der Waals surface area contributed by atoms with E-state index in [2.05, 4.69) is 15.2 Å². The molecule has 0 aliphatic carbocycles. The van der Waals surface area contributed by atoms with E-state index in [4.69, 9.17) is 5.11 Å². The molecule has 2 N–H and O–H groups in total. The molecule has 148 valence electrons. The van der Waals surface area contributed by atoms with E-state index in [0.717, 1.165) is 42.2 Å². The van der Waals surface area contributed by atoms with Crippen LogP contribution in [0.1, 0.15) is 18.4 Å². The van der Waals surface area contributed by atoms with Crippen molar-refractivity contribution in [2.75, 3.05) is 31.1 Å². The first-order valence-corrected chi connectivity index (χ1v) is 8.78. The zero-order chi connectivity index (χ0) is 19.6. The van der Waals surface area contributed by atoms with Crippen LogP contribution in [-0.4, -0.2) is 59.3 Å². The number of likely N-dealkylation sites (tertiary alicyclic amines) is 1. The Morgan fingerprint density at radius 2 is 1.96 bits per heavy atom. The van der Waals surface area contributed by atoms with Crippen LogP contribution in [0.25, 0.3) is 0 Å². The Hall–Kier alpha value is -2.52. The second-order valence-electron chi connectivity index (χ2n) is 6.87. The number of carboxylic acid groups (broad SMARTS) is 1. The third-order valence-electron chi connectivity index (χ3n) is 5.03. The Labute approximate surface area is 154 Å². The summed E-state index contributed by atoms with van der Waals surface area (Å²) >= 11 is 0. The molecular weight excluding hydrogens is 365 g/mol. The summed E-state index contributed by atoms with van der Waals surface area (Å²) in [5.41, 5.74) is 0.779. The van der Waals surface area contributed by atoms with Crippen molar-refractivity contribution in [3.05, 3.63) is 23.9 Å². The number of carbonyl (C=O) groups is 2. The average molecular weight is 386 g/mol. The lowest BCUT2D eigenvalue weighted by Crippen LogP contribution is -2.39. The number of anilines is 1. The van der Waals surface area contributed by atoms with Gasteiger partial charge in [-0.1, -0.05) is 0 Å². The Balaban J connectivity index is 1.59. The molecule has 0 aromatic carbocycles. The van der Waals surface area contributed by atoms with Crippen molar-refractivity contribution in [3.8, 4) is 0 Å². The molecule has 3 heterocycles. The Kier molecular flexibility index (Phi) is 5.43. The van der Waals surface area contributed by atoms with E-state index in [1.54, 1.807) is 12.3 Å². The molecule has 2 saturated heterocycles. The summed E-state index contributed by atoms with van der Waals surface area (Å²) in [5, 5.41) is 11.6. The third-order valence-corrected chi connectivity index (χ3v) is 5.03. The fraction of sp³-hybridized carbons (Fsp3) is 0.588. The minimum absolute atomic E-state index is 0.132. The van der Waals surface area contributed by atoms with Crippen LogP contribution in [-0.2, 0) is 11.3 Å². The molecular formula is C17H21F3N4O3. The van der Waals surface area contributed by atoms with E-state index in [0.29, 0.717) is 0 Å². The smallest absolute Gasteiger partial charge is 0.394 e. The van der Waals surface area contributed by atoms with Gasteiger partial charge >= 0.3 is 18.2 Å². The van der Waals surface area contributed by atoms with E-state index in [1.807, 2.05) is 6.07 Å². The van der Waals surface area contributed by atoms with Crippen molar-refractivity contribution in [3.63, 3.8) is 0 Å². The number of urea groups is 1. The fourth-order valence-electron chi connectivity index (χ4n) is 3.53. The zero-order valence-electron chi connectivity index (χ0n) is 14.6. The number of rotatable bonds is 4. The number of aliphatic carboxylic acids is 1. The lowest BCUT2D eigenvalue weighted by molar-refractivity contribution is -0.187. The first-order valence-electron chi connectivity index (χ1n) is 8.78. The van der Waals surface area contributed by atoms with Gasteiger partial charge in [0.1, 0.15) is 5.82 Å². The molecule has 0 bridgehead atoms. The lowest BCUT2D eigenvalue weighted by atomic mass is 9.96. The van der Waals surface area contributed by atoms with Crippen LogP contribution in [0.5, 0.6) is 0 Å². The van der Waals surface area contributed by atoms with Gasteiger partial charge in [0.15, 0.2) is 0 Å². The normalized spacial score (nSPS) is 22.9. The largest absolute Gasteiger partial charge is 0.481 e. The van der Waals surface area contributed by atoms with E-state index < -0.39 is 43.1 Å². The molecule has 2 amide bonds. The number of nitrogens with one attached hydrogen (secondary N) is 1. The maximum Gasteiger partial charge on any atom is 0.394 e. The summed E-state index contributed by atoms with van der Waals surface area (Å²) in [4.78, 5) is 30.7. The van der Waals surface area contributed by atoms with Gasteiger partial charge in [-0.2, -0.15) is 13.2 Å². The van der Waals surface area contributed by atoms with Crippen LogP contribution in [0.2, 0.25) is 0 Å². The van der Waals surface area contributed by atoms with Gasteiger partial charge in [0.2, 0.25) is 0 Å². The first-order chi connectivity index (χ1) is 12.8. The van der Waals surface area contributed by atoms with Crippen molar-refractivity contribution in [1.29, 1.82) is 0 Å². The van der Waals surface area contributed by atoms with Crippen molar-refractivity contribution < 1.29 is 27.9 Å². The molecule has 1 aromatic rings. The highest BCUT2D eigenvalue weighted by Crippen LogP contribution is 2.37. The summed E-state index contributed by atoms with van der Waals surface area (Å²) in [6.07, 6.45) is -0.829. The van der Waals surface area contributed by atoms with Crippen LogP contribution < -0.4 is 10.2 Å². The molecule has 1 aromatic heterocycles. The molecule has 27 heavy (non-hydrogen) atoms. The van der Waals surface area contributed by atoms with Crippen LogP contribution in [0.4, 0.5) is 23.8 Å². The van der Waals surface area contributed by atoms with Gasteiger partial charge < -0.3 is 20.2 Å². The van der Waals surface area contributed by atoms with E-state index in [1.165, 1.54) is 0 Å². The number of hydrogen-bond acceptors (Lipinski definition) is 4. The van der Waals surface area contributed by atoms with Crippen LogP contribution in [0, 0.1) is 11.8 Å². The zero-order valence-corrected chi connectivity index (χ0v) is 14.6. The fourth-order valence-corrected chi connectivity index (χ4v) is 3.53. The average Bonchev–Trinajstić information content (AvgIpc) is 3.29. The van der Waals surface area contributed by atoms with Gasteiger partial charge in [0.05, 0.1) is 11.8 Å². The molecule has 0 spiro atoms. The molecule has 2 fully saturated rings. The lowest BCUT2D eigenvalue weighted by Gasteiger charge is -2.19. The van der Waals surface area contributed by atoms with Crippen LogP contribution in [0.15, 0.2) is 18.3 Å². The van der Waals surface area contributed by atoms with Gasteiger partial charge in [0.25, 0.3) is 0 Å². The Morgan fingerprint density at radius 1 is 1.26 bits per heavy atom. The molecule has 10 heteroatoms. The third kappa shape index (κ3) is 4.42. The summed E-state index contributed by atoms with van der Waals surface area (Å²) in [5.74, 6) is -4.43. The standard InChI is InChI=1S/C17H21F3N4O3/c18-17(19,20)13-10-24(9-12(13)15(25)26)16(27)22-8-11-3-4-21-14(7-11)23-5-1-2-6-23/h3-4,7,12-13H,1-2,5-6,8-10H2,(H,22,27)(H,25,26)/t12-,13-/m1/s1. The van der Waals surface area contributed by atoms with Gasteiger partial charge in [-0.3, -0.25) is 4.79 Å². The minimum Gasteiger partial charge on any atom is -0.481 e. The highest BCUT2D eigenvalue weighted by Gasteiger charge is 2.53. The highest BCUT2D eigenvalue weighted by atomic mass is 19.4. The molecule has 2 aliphatic heterocycles. The second-order valence-corrected chi connectivity index (χ2v) is 6.87. The van der Waals surface area contributed by atoms with E-state index in [9.17, 15) is 22.8 Å². The van der Waals surface area contributed by atoms with E-state index in [-0.39, 0.29) is 6.54 Å². The molecule has 3 rings (SSSR count). The number of hydrogen-bond donors (Lipinski definition) is 2. The Bertz CT molecular complexity index is 707. The summed E-state index contributed by atoms with van der Waals surface area (Å²) < 4.78 is 39.1. The minimum atomic E-state index is -4.66. The van der Waals surface area contributed by atoms with Gasteiger partial charge in [0, 0.05) is 38.9 Å². The van der Waals surface area contributed by atoms with Crippen molar-refractivity contribution in [2.24, 2.45) is 11.8 Å². The first kappa shape index (κ1) is 19.2. The predicted octanol–water partition coefficient (Wildman–Crippen LogP) is 2.09. The SMILES string of the molecule is O=C(O)[C@@H]1CN(C(=O)NCc2ccnc(N3CCCC3)c2)C[C@H]1C(F)(F)F. The number of carboxylic acids is 1. The van der Waals surface area contributed by atoms with Crippen LogP contribution >= 0.6 is 0 Å². The van der Waals surface area contributed by atoms with E-state index >= 15 is 0 Å². The number of alkyl halides is 3. The van der Waals surface area contributed by atoms with Crippen LogP contribution in [0.3, 0.4) is 0 Å². The number of carbonyl (C=O) groups excluding carboxylic acids is 1. The molecule has 2 atom stereocenters. The maximum atomic E-state index is 13.0. The quantitative estimate of drug-likeness (QED) is 0.828. The van der Waals surface area contributed by atoms with Gasteiger partial charge in [-0.05, 0) is 30.5 Å². The molecule has 0 radical (unpaired) electrons. The predicted molar refractivity (Wildman–Crippen MR) is 90.2 cm³/mol. The van der Waals surface area contributed by atoms with Crippen molar-refractivity contribution in [2.45, 2.75) is 25.6 Å². The highest BCUT2D eigenvalue weighted by molar-refractivity contribution is 5.77. The van der Waals surface area contributed by atoms with Gasteiger partial charge in [-0.25, -0.2) is 9.78 Å². The number of halogens is 3. The van der Waals surface area contributed by atoms with Gasteiger partial charge in [-0.15, -0.1) is 0 Å². The van der Waals surface area contributed by atoms with Crippen molar-refractivity contribution >= 4 is 17.8 Å². The molecule has 0 unspecified atom stereocenters. The summed E-state index contributed by atoms with van der Waals surface area (Å²) in [7, 11) is 0. The summed E-state index contributed by atoms with van der Waals surface area (Å²) in [6, 6.07) is 2.86. The topological polar surface area (TPSA) is 85.8 Å². The number of pyridine rings is 1. The number of amides is 2. The number of aromatic nitrogens is 1. The number of nitrogens with zero attached hydrogens (tertiary/aromatic N) is 3. The Morgan fingerprint density at radius 3 is 2.56 bits per heavy atom. The monoisotopic (exact) mass is 386 g/mol.